The van der Waals surface area contributed by atoms with Crippen LogP contribution in [0.4, 0.5) is 0 Å². The zero-order chi connectivity index (χ0) is 15.1. The fourth-order valence-corrected chi connectivity index (χ4v) is 2.27. The van der Waals surface area contributed by atoms with Crippen molar-refractivity contribution in [2.24, 2.45) is 0 Å². The molecule has 1 amide bonds. The number of nitrogens with zero attached hydrogens (tertiary/aromatic N) is 1. The number of rotatable bonds is 6. The van der Waals surface area contributed by atoms with Crippen LogP contribution in [0.5, 0.6) is 0 Å². The molecule has 1 N–H and O–H groups in total. The number of carboxylic acid groups (broad SMARTS) is 1. The molecule has 114 valence electrons. The molecule has 0 aromatic heterocycles. The number of morpholine rings is 1. The largest absolute Gasteiger partial charge is 0.481 e. The first-order chi connectivity index (χ1) is 10.2. The van der Waals surface area contributed by atoms with Gasteiger partial charge in [-0.2, -0.15) is 0 Å². The van der Waals surface area contributed by atoms with Crippen molar-refractivity contribution in [3.8, 4) is 0 Å². The molecule has 0 aliphatic carbocycles. The van der Waals surface area contributed by atoms with E-state index in [0.717, 1.165) is 5.56 Å². The summed E-state index contributed by atoms with van der Waals surface area (Å²) in [4.78, 5) is 24.5. The molecule has 1 aromatic rings. The molecule has 6 heteroatoms. The molecule has 1 aliphatic heterocycles. The van der Waals surface area contributed by atoms with Crippen LogP contribution >= 0.6 is 0 Å². The maximum atomic E-state index is 12.1. The number of hydrogen-bond acceptors (Lipinski definition) is 4. The van der Waals surface area contributed by atoms with E-state index in [9.17, 15) is 9.59 Å². The lowest BCUT2D eigenvalue weighted by atomic mass is 10.1. The number of benzene rings is 1. The Hall–Kier alpha value is -1.92. The van der Waals surface area contributed by atoms with E-state index >= 15 is 0 Å². The van der Waals surface area contributed by atoms with Crippen LogP contribution in [0.1, 0.15) is 12.0 Å². The van der Waals surface area contributed by atoms with E-state index in [1.54, 1.807) is 4.90 Å². The van der Waals surface area contributed by atoms with Crippen molar-refractivity contribution in [1.82, 2.24) is 4.90 Å². The molecule has 0 saturated carbocycles. The summed E-state index contributed by atoms with van der Waals surface area (Å²) in [6.07, 6.45) is -0.107. The molecule has 1 aromatic carbocycles. The Morgan fingerprint density at radius 1 is 1.33 bits per heavy atom. The zero-order valence-corrected chi connectivity index (χ0v) is 11.7. The summed E-state index contributed by atoms with van der Waals surface area (Å²) in [5, 5.41) is 8.87. The van der Waals surface area contributed by atoms with Gasteiger partial charge in [-0.05, 0) is 5.56 Å². The number of carboxylic acids is 1. The molecular formula is C15H19NO5. The van der Waals surface area contributed by atoms with Crippen LogP contribution in [0.25, 0.3) is 0 Å². The van der Waals surface area contributed by atoms with E-state index < -0.39 is 12.0 Å². The Labute approximate surface area is 123 Å². The average molecular weight is 293 g/mol. The molecule has 0 unspecified atom stereocenters. The first-order valence-electron chi connectivity index (χ1n) is 6.87. The summed E-state index contributed by atoms with van der Waals surface area (Å²) in [5.74, 6) is -1.13. The molecule has 1 atom stereocenters. The Balaban J connectivity index is 1.81. The molecular weight excluding hydrogens is 274 g/mol. The molecule has 2 rings (SSSR count). The third-order valence-electron chi connectivity index (χ3n) is 3.30. The number of amides is 1. The highest BCUT2D eigenvalue weighted by molar-refractivity contribution is 5.79. The highest BCUT2D eigenvalue weighted by atomic mass is 16.5. The number of hydrogen-bond donors (Lipinski definition) is 1. The molecule has 1 fully saturated rings. The number of ether oxygens (including phenoxy) is 2. The van der Waals surface area contributed by atoms with Crippen molar-refractivity contribution in [1.29, 1.82) is 0 Å². The summed E-state index contributed by atoms with van der Waals surface area (Å²) >= 11 is 0. The molecule has 1 saturated heterocycles. The fraction of sp³-hybridized carbons (Fsp3) is 0.467. The van der Waals surface area contributed by atoms with E-state index in [0.29, 0.717) is 19.8 Å². The van der Waals surface area contributed by atoms with E-state index in [4.69, 9.17) is 14.6 Å². The SMILES string of the molecule is O=C(O)C[C@H]1COCCN1C(=O)COCc1ccccc1. The van der Waals surface area contributed by atoms with Gasteiger partial charge in [-0.25, -0.2) is 0 Å². The minimum atomic E-state index is -0.937. The molecule has 21 heavy (non-hydrogen) atoms. The summed E-state index contributed by atoms with van der Waals surface area (Å²) in [6, 6.07) is 9.17. The Bertz CT molecular complexity index is 476. The van der Waals surface area contributed by atoms with Gasteiger partial charge in [0, 0.05) is 6.54 Å². The van der Waals surface area contributed by atoms with Crippen LogP contribution in [0.2, 0.25) is 0 Å². The van der Waals surface area contributed by atoms with Gasteiger partial charge in [0.05, 0.1) is 32.3 Å². The molecule has 1 aliphatic rings. The third-order valence-corrected chi connectivity index (χ3v) is 3.30. The summed E-state index contributed by atoms with van der Waals surface area (Å²) in [5.41, 5.74) is 0.995. The van der Waals surface area contributed by atoms with Crippen LogP contribution in [0, 0.1) is 0 Å². The second-order valence-corrected chi connectivity index (χ2v) is 4.89. The Kier molecular flexibility index (Phi) is 5.71. The van der Waals surface area contributed by atoms with E-state index in [1.807, 2.05) is 30.3 Å². The van der Waals surface area contributed by atoms with Crippen LogP contribution < -0.4 is 0 Å². The first-order valence-corrected chi connectivity index (χ1v) is 6.87. The third kappa shape index (κ3) is 4.84. The van der Waals surface area contributed by atoms with E-state index in [2.05, 4.69) is 0 Å². The summed E-state index contributed by atoms with van der Waals surface area (Å²) < 4.78 is 10.6. The normalized spacial score (nSPS) is 18.5. The van der Waals surface area contributed by atoms with Crippen molar-refractivity contribution in [2.75, 3.05) is 26.4 Å². The monoisotopic (exact) mass is 293 g/mol. The van der Waals surface area contributed by atoms with Crippen LogP contribution in [-0.2, 0) is 25.7 Å². The Morgan fingerprint density at radius 3 is 2.81 bits per heavy atom. The molecule has 6 nitrogen and oxygen atoms in total. The van der Waals surface area contributed by atoms with E-state index in [-0.39, 0.29) is 25.5 Å². The standard InChI is InChI=1S/C15H19NO5/c17-14(11-21-9-12-4-2-1-3-5-12)16-6-7-20-10-13(16)8-15(18)19/h1-5,13H,6-11H2,(H,18,19)/t13-/m0/s1. The summed E-state index contributed by atoms with van der Waals surface area (Å²) in [6.45, 7) is 1.41. The van der Waals surface area contributed by atoms with Crippen molar-refractivity contribution in [2.45, 2.75) is 19.1 Å². The lowest BCUT2D eigenvalue weighted by Gasteiger charge is -2.34. The van der Waals surface area contributed by atoms with Gasteiger partial charge in [0.25, 0.3) is 0 Å². The van der Waals surface area contributed by atoms with Gasteiger partial charge in [-0.1, -0.05) is 30.3 Å². The second-order valence-electron chi connectivity index (χ2n) is 4.89. The fourth-order valence-electron chi connectivity index (χ4n) is 2.27. The van der Waals surface area contributed by atoms with Crippen LogP contribution in [0.3, 0.4) is 0 Å². The number of carbonyl (C=O) groups excluding carboxylic acids is 1. The highest BCUT2D eigenvalue weighted by Crippen LogP contribution is 2.11. The van der Waals surface area contributed by atoms with Crippen LogP contribution in [-0.4, -0.2) is 54.3 Å². The van der Waals surface area contributed by atoms with Crippen LogP contribution in [0.15, 0.2) is 30.3 Å². The van der Waals surface area contributed by atoms with Crippen molar-refractivity contribution >= 4 is 11.9 Å². The smallest absolute Gasteiger partial charge is 0.305 e. The van der Waals surface area contributed by atoms with Gasteiger partial charge in [0.2, 0.25) is 5.91 Å². The van der Waals surface area contributed by atoms with Gasteiger partial charge >= 0.3 is 5.97 Å². The average Bonchev–Trinajstić information content (AvgIpc) is 2.48. The molecule has 0 bridgehead atoms. The zero-order valence-electron chi connectivity index (χ0n) is 11.7. The topological polar surface area (TPSA) is 76.1 Å². The summed E-state index contributed by atoms with van der Waals surface area (Å²) in [7, 11) is 0. The number of aliphatic carboxylic acids is 1. The van der Waals surface area contributed by atoms with Crippen molar-refractivity contribution in [3.63, 3.8) is 0 Å². The number of carbonyl (C=O) groups is 2. The lowest BCUT2D eigenvalue weighted by Crippen LogP contribution is -2.50. The predicted molar refractivity (Wildman–Crippen MR) is 74.7 cm³/mol. The van der Waals surface area contributed by atoms with Gasteiger partial charge in [-0.15, -0.1) is 0 Å². The quantitative estimate of drug-likeness (QED) is 0.843. The minimum absolute atomic E-state index is 0.0506. The van der Waals surface area contributed by atoms with Gasteiger partial charge in [0.1, 0.15) is 6.61 Å². The second kappa shape index (κ2) is 7.75. The molecule has 0 spiro atoms. The Morgan fingerprint density at radius 2 is 2.10 bits per heavy atom. The highest BCUT2D eigenvalue weighted by Gasteiger charge is 2.28. The van der Waals surface area contributed by atoms with Gasteiger partial charge in [-0.3, -0.25) is 9.59 Å². The van der Waals surface area contributed by atoms with Crippen molar-refractivity contribution in [3.05, 3.63) is 35.9 Å². The maximum absolute atomic E-state index is 12.1. The predicted octanol–water partition coefficient (Wildman–Crippen LogP) is 0.905. The molecule has 1 heterocycles. The van der Waals surface area contributed by atoms with Gasteiger partial charge in [0.15, 0.2) is 0 Å². The van der Waals surface area contributed by atoms with Crippen molar-refractivity contribution < 1.29 is 24.2 Å². The maximum Gasteiger partial charge on any atom is 0.305 e. The van der Waals surface area contributed by atoms with E-state index in [1.165, 1.54) is 0 Å². The lowest BCUT2D eigenvalue weighted by molar-refractivity contribution is -0.149. The molecule has 0 radical (unpaired) electrons. The first kappa shape index (κ1) is 15.5. The van der Waals surface area contributed by atoms with Gasteiger partial charge < -0.3 is 19.5 Å². The minimum Gasteiger partial charge on any atom is -0.481 e.